The second kappa shape index (κ2) is 6.62. The maximum Gasteiger partial charge on any atom is 0.122 e. The number of hydrogen-bond acceptors (Lipinski definition) is 6. The first-order chi connectivity index (χ1) is 11.3. The number of nitrogens with one attached hydrogen (secondary N) is 1. The third kappa shape index (κ3) is 3.66. The highest BCUT2D eigenvalue weighted by Gasteiger charge is 2.36. The molecule has 24 heavy (non-hydrogen) atoms. The number of aryl methyl sites for hydroxylation is 1. The van der Waals surface area contributed by atoms with Crippen molar-refractivity contribution in [2.75, 3.05) is 6.61 Å². The number of aromatic nitrogens is 5. The molecule has 0 amide bonds. The van der Waals surface area contributed by atoms with Crippen LogP contribution in [0.3, 0.4) is 0 Å². The second-order valence-corrected chi connectivity index (χ2v) is 7.38. The fourth-order valence-electron chi connectivity index (χ4n) is 2.80. The van der Waals surface area contributed by atoms with Crippen molar-refractivity contribution in [1.29, 1.82) is 0 Å². The first kappa shape index (κ1) is 17.1. The standard InChI is InChI=1S/C16H26N6O2/c1-16(2,3)13-9-22(20-19-13)8-12-15(11(23)10-24-12)18-7-14-17-5-6-21(14)4/h5-6,9,11-12,15,18,23H,7-8,10H2,1-4H3/t11-,12+,15+/m0/s1. The summed E-state index contributed by atoms with van der Waals surface area (Å²) in [7, 11) is 1.95. The molecule has 0 radical (unpaired) electrons. The lowest BCUT2D eigenvalue weighted by Crippen LogP contribution is -2.45. The van der Waals surface area contributed by atoms with Gasteiger partial charge in [0.05, 0.1) is 43.6 Å². The summed E-state index contributed by atoms with van der Waals surface area (Å²) < 4.78 is 9.49. The lowest BCUT2D eigenvalue weighted by molar-refractivity contribution is 0.0740. The topological polar surface area (TPSA) is 90.0 Å². The van der Waals surface area contributed by atoms with Gasteiger partial charge in [0.1, 0.15) is 5.82 Å². The highest BCUT2D eigenvalue weighted by atomic mass is 16.5. The van der Waals surface area contributed by atoms with Crippen LogP contribution in [0.25, 0.3) is 0 Å². The van der Waals surface area contributed by atoms with E-state index >= 15 is 0 Å². The molecule has 0 spiro atoms. The van der Waals surface area contributed by atoms with Gasteiger partial charge in [0.2, 0.25) is 0 Å². The van der Waals surface area contributed by atoms with Gasteiger partial charge in [-0.05, 0) is 0 Å². The average molecular weight is 334 g/mol. The van der Waals surface area contributed by atoms with E-state index in [-0.39, 0.29) is 17.6 Å². The molecular weight excluding hydrogens is 308 g/mol. The quantitative estimate of drug-likeness (QED) is 0.813. The molecule has 0 unspecified atom stereocenters. The number of hydrogen-bond donors (Lipinski definition) is 2. The van der Waals surface area contributed by atoms with Crippen LogP contribution in [0.2, 0.25) is 0 Å². The van der Waals surface area contributed by atoms with Crippen LogP contribution in [0.5, 0.6) is 0 Å². The summed E-state index contributed by atoms with van der Waals surface area (Å²) in [5, 5.41) is 22.0. The molecular formula is C16H26N6O2. The average Bonchev–Trinajstić information content (AvgIpc) is 3.20. The van der Waals surface area contributed by atoms with Crippen LogP contribution in [0, 0.1) is 0 Å². The molecule has 0 saturated carbocycles. The summed E-state index contributed by atoms with van der Waals surface area (Å²) in [4.78, 5) is 4.29. The van der Waals surface area contributed by atoms with Crippen LogP contribution < -0.4 is 5.32 Å². The molecule has 0 aromatic carbocycles. The molecule has 2 aromatic heterocycles. The lowest BCUT2D eigenvalue weighted by Gasteiger charge is -2.21. The van der Waals surface area contributed by atoms with Crippen LogP contribution >= 0.6 is 0 Å². The Bertz CT molecular complexity index is 674. The normalized spacial score (nSPS) is 24.6. The number of aliphatic hydroxyl groups is 1. The number of aliphatic hydroxyl groups excluding tert-OH is 1. The van der Waals surface area contributed by atoms with E-state index in [4.69, 9.17) is 4.74 Å². The van der Waals surface area contributed by atoms with E-state index in [1.54, 1.807) is 10.9 Å². The monoisotopic (exact) mass is 334 g/mol. The van der Waals surface area contributed by atoms with Gasteiger partial charge in [-0.1, -0.05) is 26.0 Å². The van der Waals surface area contributed by atoms with Gasteiger partial charge in [0.25, 0.3) is 0 Å². The number of ether oxygens (including phenoxy) is 1. The highest BCUT2D eigenvalue weighted by molar-refractivity contribution is 5.06. The Hall–Kier alpha value is -1.77. The zero-order chi connectivity index (χ0) is 17.3. The summed E-state index contributed by atoms with van der Waals surface area (Å²) in [5.74, 6) is 0.920. The van der Waals surface area contributed by atoms with Crippen LogP contribution in [0.4, 0.5) is 0 Å². The Labute approximate surface area is 141 Å². The van der Waals surface area contributed by atoms with E-state index in [9.17, 15) is 5.11 Å². The summed E-state index contributed by atoms with van der Waals surface area (Å²) in [6.45, 7) is 7.77. The van der Waals surface area contributed by atoms with Crippen molar-refractivity contribution < 1.29 is 9.84 Å². The molecule has 1 fully saturated rings. The Morgan fingerprint density at radius 2 is 2.21 bits per heavy atom. The molecule has 3 rings (SSSR count). The third-order valence-corrected chi connectivity index (χ3v) is 4.39. The third-order valence-electron chi connectivity index (χ3n) is 4.39. The Balaban J connectivity index is 1.63. The van der Waals surface area contributed by atoms with Crippen LogP contribution in [-0.4, -0.2) is 54.5 Å². The number of nitrogens with zero attached hydrogens (tertiary/aromatic N) is 5. The van der Waals surface area contributed by atoms with Gasteiger partial charge in [-0.15, -0.1) is 5.10 Å². The van der Waals surface area contributed by atoms with E-state index < -0.39 is 6.10 Å². The summed E-state index contributed by atoms with van der Waals surface area (Å²) in [5.41, 5.74) is 0.906. The van der Waals surface area contributed by atoms with Crippen LogP contribution in [0.15, 0.2) is 18.6 Å². The fraction of sp³-hybridized carbons (Fsp3) is 0.688. The minimum Gasteiger partial charge on any atom is -0.389 e. The summed E-state index contributed by atoms with van der Waals surface area (Å²) in [6, 6.07) is -0.163. The molecule has 8 heteroatoms. The summed E-state index contributed by atoms with van der Waals surface area (Å²) in [6.07, 6.45) is 4.92. The van der Waals surface area contributed by atoms with Gasteiger partial charge in [0.15, 0.2) is 0 Å². The van der Waals surface area contributed by atoms with Gasteiger partial charge >= 0.3 is 0 Å². The van der Waals surface area contributed by atoms with Crippen molar-refractivity contribution in [2.24, 2.45) is 7.05 Å². The lowest BCUT2D eigenvalue weighted by atomic mass is 9.93. The van der Waals surface area contributed by atoms with E-state index in [0.29, 0.717) is 19.7 Å². The van der Waals surface area contributed by atoms with Crippen molar-refractivity contribution in [3.8, 4) is 0 Å². The highest BCUT2D eigenvalue weighted by Crippen LogP contribution is 2.20. The van der Waals surface area contributed by atoms with E-state index in [1.165, 1.54) is 0 Å². The van der Waals surface area contributed by atoms with Gasteiger partial charge in [-0.3, -0.25) is 0 Å². The molecule has 1 aliphatic rings. The van der Waals surface area contributed by atoms with E-state index in [1.807, 2.05) is 24.0 Å². The number of imidazole rings is 1. The van der Waals surface area contributed by atoms with Gasteiger partial charge in [-0.25, -0.2) is 9.67 Å². The minimum absolute atomic E-state index is 0.0375. The van der Waals surface area contributed by atoms with Gasteiger partial charge < -0.3 is 19.7 Å². The summed E-state index contributed by atoms with van der Waals surface area (Å²) >= 11 is 0. The SMILES string of the molecule is Cn1ccnc1CN[C@@H]1[C@@H](O)CO[C@@H]1Cn1cc(C(C)(C)C)nn1. The Morgan fingerprint density at radius 1 is 1.42 bits per heavy atom. The fourth-order valence-corrected chi connectivity index (χ4v) is 2.80. The van der Waals surface area contributed by atoms with Crippen LogP contribution in [0.1, 0.15) is 32.3 Å². The smallest absolute Gasteiger partial charge is 0.122 e. The Morgan fingerprint density at radius 3 is 2.83 bits per heavy atom. The predicted octanol–water partition coefficient (Wildman–Crippen LogP) is 0.227. The minimum atomic E-state index is -0.541. The molecule has 2 N–H and O–H groups in total. The van der Waals surface area contributed by atoms with Crippen molar-refractivity contribution in [3.63, 3.8) is 0 Å². The largest absolute Gasteiger partial charge is 0.389 e. The molecule has 0 aliphatic carbocycles. The van der Waals surface area contributed by atoms with E-state index in [2.05, 4.69) is 41.4 Å². The molecule has 3 heterocycles. The van der Waals surface area contributed by atoms with E-state index in [0.717, 1.165) is 11.5 Å². The first-order valence-corrected chi connectivity index (χ1v) is 8.24. The predicted molar refractivity (Wildman–Crippen MR) is 88.3 cm³/mol. The number of rotatable bonds is 5. The Kier molecular flexibility index (Phi) is 4.71. The van der Waals surface area contributed by atoms with Gasteiger partial charge in [-0.2, -0.15) is 0 Å². The molecule has 0 bridgehead atoms. The first-order valence-electron chi connectivity index (χ1n) is 8.24. The zero-order valence-electron chi connectivity index (χ0n) is 14.7. The van der Waals surface area contributed by atoms with Crippen molar-refractivity contribution >= 4 is 0 Å². The second-order valence-electron chi connectivity index (χ2n) is 7.38. The van der Waals surface area contributed by atoms with Gasteiger partial charge in [0, 0.05) is 31.1 Å². The van der Waals surface area contributed by atoms with Crippen molar-refractivity contribution in [2.45, 2.75) is 57.5 Å². The van der Waals surface area contributed by atoms with Crippen molar-refractivity contribution in [1.82, 2.24) is 29.9 Å². The molecule has 8 nitrogen and oxygen atoms in total. The molecule has 2 aromatic rings. The maximum atomic E-state index is 10.2. The molecule has 132 valence electrons. The maximum absolute atomic E-state index is 10.2. The van der Waals surface area contributed by atoms with Crippen LogP contribution in [-0.2, 0) is 30.3 Å². The molecule has 1 saturated heterocycles. The molecule has 1 aliphatic heterocycles. The molecule has 3 atom stereocenters. The van der Waals surface area contributed by atoms with Crippen molar-refractivity contribution in [3.05, 3.63) is 30.1 Å². The zero-order valence-corrected chi connectivity index (χ0v) is 14.7.